The Morgan fingerprint density at radius 1 is 1.43 bits per heavy atom. The van der Waals surface area contributed by atoms with Crippen molar-refractivity contribution < 1.29 is 4.79 Å². The molecule has 1 N–H and O–H groups in total. The number of hydrogen-bond donors (Lipinski definition) is 1. The van der Waals surface area contributed by atoms with Crippen molar-refractivity contribution in [2.45, 2.75) is 39.2 Å². The van der Waals surface area contributed by atoms with E-state index in [1.54, 1.807) is 6.07 Å². The number of aromatic nitrogens is 3. The number of rotatable bonds is 4. The van der Waals surface area contributed by atoms with Crippen LogP contribution in [0.15, 0.2) is 16.9 Å². The topological polar surface area (TPSA) is 76.9 Å². The van der Waals surface area contributed by atoms with Crippen molar-refractivity contribution in [1.29, 1.82) is 0 Å². The molecule has 1 aliphatic rings. The molecule has 3 rings (SSSR count). The Kier molecular flexibility index (Phi) is 3.59. The number of carbonyl (C=O) groups excluding carboxylic acids is 1. The molecule has 0 radical (unpaired) electrons. The molecule has 1 saturated carbocycles. The molecule has 2 heterocycles. The number of nitrogens with zero attached hydrogens (tertiary/aromatic N) is 3. The van der Waals surface area contributed by atoms with Crippen LogP contribution in [0.4, 0.5) is 5.13 Å². The van der Waals surface area contributed by atoms with Gasteiger partial charge in [-0.2, -0.15) is 5.10 Å². The van der Waals surface area contributed by atoms with Crippen LogP contribution < -0.4 is 10.9 Å². The van der Waals surface area contributed by atoms with Crippen LogP contribution in [0.25, 0.3) is 0 Å². The average molecular weight is 304 g/mol. The van der Waals surface area contributed by atoms with E-state index in [1.807, 2.05) is 13.8 Å². The molecule has 6 nitrogen and oxygen atoms in total. The second kappa shape index (κ2) is 5.40. The summed E-state index contributed by atoms with van der Waals surface area (Å²) in [4.78, 5) is 29.1. The summed E-state index contributed by atoms with van der Waals surface area (Å²) in [6.07, 6.45) is 2.21. The summed E-state index contributed by atoms with van der Waals surface area (Å²) < 4.78 is 1.22. The largest absolute Gasteiger partial charge is 0.300 e. The molecule has 0 atom stereocenters. The normalized spacial score (nSPS) is 14.2. The van der Waals surface area contributed by atoms with E-state index in [9.17, 15) is 9.59 Å². The second-order valence-corrected chi connectivity index (χ2v) is 6.44. The summed E-state index contributed by atoms with van der Waals surface area (Å²) in [5.41, 5.74) is 1.53. The van der Waals surface area contributed by atoms with Gasteiger partial charge in [-0.1, -0.05) is 0 Å². The first-order chi connectivity index (χ1) is 10.0. The molecule has 7 heteroatoms. The van der Waals surface area contributed by atoms with Crippen molar-refractivity contribution in [2.75, 3.05) is 5.32 Å². The third-order valence-electron chi connectivity index (χ3n) is 3.45. The van der Waals surface area contributed by atoms with Crippen molar-refractivity contribution in [3.63, 3.8) is 0 Å². The zero-order chi connectivity index (χ0) is 15.0. The highest BCUT2D eigenvalue weighted by atomic mass is 32.1. The van der Waals surface area contributed by atoms with Crippen LogP contribution in [-0.4, -0.2) is 20.7 Å². The van der Waals surface area contributed by atoms with Gasteiger partial charge in [-0.25, -0.2) is 9.67 Å². The number of carbonyl (C=O) groups is 1. The molecule has 0 aliphatic heterocycles. The van der Waals surface area contributed by atoms with E-state index in [0.717, 1.165) is 29.1 Å². The first kappa shape index (κ1) is 13.9. The van der Waals surface area contributed by atoms with Gasteiger partial charge in [0, 0.05) is 16.9 Å². The van der Waals surface area contributed by atoms with E-state index in [2.05, 4.69) is 15.4 Å². The second-order valence-electron chi connectivity index (χ2n) is 5.24. The van der Waals surface area contributed by atoms with Crippen molar-refractivity contribution >= 4 is 22.4 Å². The van der Waals surface area contributed by atoms with Crippen molar-refractivity contribution in [3.05, 3.63) is 38.8 Å². The number of aryl methyl sites for hydroxylation is 2. The maximum atomic E-state index is 12.0. The van der Waals surface area contributed by atoms with Crippen LogP contribution in [0.5, 0.6) is 0 Å². The zero-order valence-corrected chi connectivity index (χ0v) is 12.7. The van der Waals surface area contributed by atoms with Crippen molar-refractivity contribution in [3.8, 4) is 0 Å². The van der Waals surface area contributed by atoms with Gasteiger partial charge in [0.25, 0.3) is 5.56 Å². The summed E-state index contributed by atoms with van der Waals surface area (Å²) in [6.45, 7) is 3.76. The van der Waals surface area contributed by atoms with Gasteiger partial charge in [-0.05, 0) is 32.8 Å². The predicted octanol–water partition coefficient (Wildman–Crippen LogP) is 1.83. The number of amides is 1. The average Bonchev–Trinajstić information content (AvgIpc) is 3.20. The maximum Gasteiger partial charge on any atom is 0.267 e. The van der Waals surface area contributed by atoms with Crippen molar-refractivity contribution in [2.24, 2.45) is 0 Å². The minimum atomic E-state index is -0.286. The van der Waals surface area contributed by atoms with Crippen LogP contribution in [0, 0.1) is 13.8 Å². The van der Waals surface area contributed by atoms with Gasteiger partial charge in [0.15, 0.2) is 5.13 Å². The standard InChI is InChI=1S/C14H16N4O2S/c1-8-9(2)21-14(15-8)16-12(19)7-18-13(20)6-5-11(17-18)10-3-4-10/h5-6,10H,3-4,7H2,1-2H3,(H,15,16,19). The molecule has 0 unspecified atom stereocenters. The summed E-state index contributed by atoms with van der Waals surface area (Å²) in [5, 5.41) is 7.53. The van der Waals surface area contributed by atoms with Gasteiger partial charge >= 0.3 is 0 Å². The fourth-order valence-corrected chi connectivity index (χ4v) is 2.83. The first-order valence-corrected chi connectivity index (χ1v) is 7.66. The molecule has 21 heavy (non-hydrogen) atoms. The molecule has 1 fully saturated rings. The van der Waals surface area contributed by atoms with Gasteiger partial charge in [0.05, 0.1) is 11.4 Å². The fraction of sp³-hybridized carbons (Fsp3) is 0.429. The quantitative estimate of drug-likeness (QED) is 0.935. The molecule has 2 aromatic heterocycles. The predicted molar refractivity (Wildman–Crippen MR) is 80.7 cm³/mol. The van der Waals surface area contributed by atoms with Crippen LogP contribution in [0.1, 0.15) is 35.0 Å². The molecular weight excluding hydrogens is 288 g/mol. The Morgan fingerprint density at radius 2 is 2.19 bits per heavy atom. The summed E-state index contributed by atoms with van der Waals surface area (Å²) >= 11 is 1.42. The van der Waals surface area contributed by atoms with Crippen LogP contribution >= 0.6 is 11.3 Å². The van der Waals surface area contributed by atoms with E-state index in [-0.39, 0.29) is 18.0 Å². The highest BCUT2D eigenvalue weighted by molar-refractivity contribution is 7.15. The Balaban J connectivity index is 1.72. The first-order valence-electron chi connectivity index (χ1n) is 6.85. The third kappa shape index (κ3) is 3.18. The number of anilines is 1. The lowest BCUT2D eigenvalue weighted by molar-refractivity contribution is -0.117. The van der Waals surface area contributed by atoms with E-state index in [4.69, 9.17) is 0 Å². The van der Waals surface area contributed by atoms with E-state index in [0.29, 0.717) is 11.0 Å². The molecule has 0 saturated heterocycles. The molecule has 0 aromatic carbocycles. The van der Waals surface area contributed by atoms with Gasteiger partial charge in [-0.3, -0.25) is 9.59 Å². The Bertz CT molecular complexity index is 726. The molecule has 1 amide bonds. The highest BCUT2D eigenvalue weighted by Gasteiger charge is 2.25. The van der Waals surface area contributed by atoms with E-state index < -0.39 is 0 Å². The van der Waals surface area contributed by atoms with Gasteiger partial charge in [0.2, 0.25) is 5.91 Å². The monoisotopic (exact) mass is 304 g/mol. The molecule has 0 spiro atoms. The highest BCUT2D eigenvalue weighted by Crippen LogP contribution is 2.38. The number of nitrogens with one attached hydrogen (secondary N) is 1. The van der Waals surface area contributed by atoms with Gasteiger partial charge < -0.3 is 5.32 Å². The van der Waals surface area contributed by atoms with E-state index >= 15 is 0 Å². The molecule has 110 valence electrons. The lowest BCUT2D eigenvalue weighted by Crippen LogP contribution is -2.29. The Hall–Kier alpha value is -2.02. The lowest BCUT2D eigenvalue weighted by Gasteiger charge is -2.06. The molecular formula is C14H16N4O2S. The summed E-state index contributed by atoms with van der Waals surface area (Å²) in [7, 11) is 0. The summed E-state index contributed by atoms with van der Waals surface area (Å²) in [6, 6.07) is 3.23. The molecule has 1 aliphatic carbocycles. The smallest absolute Gasteiger partial charge is 0.267 e. The van der Waals surface area contributed by atoms with Crippen LogP contribution in [0.2, 0.25) is 0 Å². The van der Waals surface area contributed by atoms with Crippen LogP contribution in [0.3, 0.4) is 0 Å². The van der Waals surface area contributed by atoms with Gasteiger partial charge in [-0.15, -0.1) is 11.3 Å². The Labute approximate surface area is 125 Å². The number of hydrogen-bond acceptors (Lipinski definition) is 5. The lowest BCUT2D eigenvalue weighted by atomic mass is 10.3. The SMILES string of the molecule is Cc1nc(NC(=O)Cn2nc(C3CC3)ccc2=O)sc1C. The minimum Gasteiger partial charge on any atom is -0.300 e. The fourth-order valence-electron chi connectivity index (χ4n) is 2.00. The molecule has 2 aromatic rings. The third-order valence-corrected chi connectivity index (χ3v) is 4.44. The zero-order valence-electron chi connectivity index (χ0n) is 11.9. The van der Waals surface area contributed by atoms with Crippen molar-refractivity contribution in [1.82, 2.24) is 14.8 Å². The molecule has 0 bridgehead atoms. The van der Waals surface area contributed by atoms with E-state index in [1.165, 1.54) is 22.1 Å². The van der Waals surface area contributed by atoms with Gasteiger partial charge in [0.1, 0.15) is 6.54 Å². The number of thiazole rings is 1. The maximum absolute atomic E-state index is 12.0. The minimum absolute atomic E-state index is 0.0862. The van der Waals surface area contributed by atoms with Crippen LogP contribution in [-0.2, 0) is 11.3 Å². The Morgan fingerprint density at radius 3 is 2.81 bits per heavy atom. The summed E-state index contributed by atoms with van der Waals surface area (Å²) in [5.74, 6) is 0.162.